The third-order valence-corrected chi connectivity index (χ3v) is 10.7. The Morgan fingerprint density at radius 3 is 2.40 bits per heavy atom. The van der Waals surface area contributed by atoms with E-state index >= 15 is 0 Å². The fourth-order valence-corrected chi connectivity index (χ4v) is 7.44. The van der Waals surface area contributed by atoms with E-state index in [0.29, 0.717) is 29.7 Å². The molecule has 17 heteroatoms. The van der Waals surface area contributed by atoms with E-state index in [9.17, 15) is 30.0 Å². The van der Waals surface area contributed by atoms with Crippen molar-refractivity contribution in [1.82, 2.24) is 19.4 Å². The Balaban J connectivity index is 0.000000282. The van der Waals surface area contributed by atoms with Gasteiger partial charge in [-0.2, -0.15) is 0 Å². The second-order valence-electron chi connectivity index (χ2n) is 14.1. The predicted molar refractivity (Wildman–Crippen MR) is 194 cm³/mol. The summed E-state index contributed by atoms with van der Waals surface area (Å²) in [5, 5.41) is 46.4. The SMILES string of the molecule is COC1O[C@H](C(=O)O)[C@@H](O)[C@H](O)[C@H]1O.C[C@]1(c2ccc(Cl)cn2)Oc2cccc(C3CCN(Cc4nc5ccc(C(=O)O)cc5n4C[C@@H]4CCO4)CC3)c2O1. The molecule has 16 nitrogen and oxygen atoms in total. The first kappa shape index (κ1) is 38.9. The van der Waals surface area contributed by atoms with Crippen molar-refractivity contribution >= 4 is 34.6 Å². The molecule has 4 aliphatic rings. The van der Waals surface area contributed by atoms with Crippen LogP contribution in [-0.4, -0.2) is 121 Å². The highest BCUT2D eigenvalue weighted by atomic mass is 35.5. The van der Waals surface area contributed by atoms with Gasteiger partial charge in [0, 0.05) is 32.4 Å². The number of carboxylic acid groups (broad SMARTS) is 2. The second kappa shape index (κ2) is 16.0. The molecule has 4 aliphatic heterocycles. The monoisotopic (exact) mass is 782 g/mol. The quantitative estimate of drug-likeness (QED) is 0.165. The summed E-state index contributed by atoms with van der Waals surface area (Å²) in [6.45, 7) is 5.86. The van der Waals surface area contributed by atoms with Crippen molar-refractivity contribution in [2.75, 3.05) is 26.8 Å². The van der Waals surface area contributed by atoms with E-state index in [0.717, 1.165) is 72.9 Å². The molecule has 1 unspecified atom stereocenters. The number of imidazole rings is 1. The van der Waals surface area contributed by atoms with E-state index in [1.807, 2.05) is 25.1 Å². The number of aromatic carboxylic acids is 1. The summed E-state index contributed by atoms with van der Waals surface area (Å²) < 4.78 is 29.9. The van der Waals surface area contributed by atoms with Gasteiger partial charge in [-0.3, -0.25) is 9.88 Å². The van der Waals surface area contributed by atoms with Crippen LogP contribution in [0.1, 0.15) is 59.5 Å². The number of carbonyl (C=O) groups is 2. The molecule has 55 heavy (non-hydrogen) atoms. The van der Waals surface area contributed by atoms with Crippen LogP contribution in [-0.2, 0) is 37.9 Å². The Bertz CT molecular complexity index is 2020. The molecule has 0 aliphatic carbocycles. The van der Waals surface area contributed by atoms with Crippen molar-refractivity contribution in [3.8, 4) is 11.5 Å². The third kappa shape index (κ3) is 7.99. The van der Waals surface area contributed by atoms with E-state index in [2.05, 4.69) is 25.3 Å². The topological polar surface area (TPSA) is 215 Å². The zero-order valence-electron chi connectivity index (χ0n) is 30.2. The minimum atomic E-state index is -1.67. The summed E-state index contributed by atoms with van der Waals surface area (Å²) in [5.41, 5.74) is 3.76. The second-order valence-corrected chi connectivity index (χ2v) is 14.6. The van der Waals surface area contributed by atoms with Crippen molar-refractivity contribution in [2.24, 2.45) is 0 Å². The van der Waals surface area contributed by atoms with Gasteiger partial charge in [0.2, 0.25) is 0 Å². The van der Waals surface area contributed by atoms with Crippen LogP contribution >= 0.6 is 11.6 Å². The third-order valence-electron chi connectivity index (χ3n) is 10.5. The van der Waals surface area contributed by atoms with Crippen molar-refractivity contribution in [3.05, 3.63) is 82.4 Å². The minimum Gasteiger partial charge on any atom is -0.479 e. The van der Waals surface area contributed by atoms with Crippen LogP contribution in [0, 0.1) is 0 Å². The van der Waals surface area contributed by atoms with Gasteiger partial charge in [0.1, 0.15) is 29.8 Å². The lowest BCUT2D eigenvalue weighted by molar-refractivity contribution is -0.287. The number of piperidine rings is 1. The van der Waals surface area contributed by atoms with Crippen molar-refractivity contribution < 1.29 is 58.8 Å². The molecule has 8 rings (SSSR count). The molecule has 0 saturated carbocycles. The molecule has 0 spiro atoms. The Kier molecular flexibility index (Phi) is 11.3. The standard InChI is InChI=1S/C31H31ClN4O5.C7H12O7/c1-31(27-8-6-21(32)16-33-27)40-26-4-2-3-23(29(26)41-31)19-9-12-35(13-10-19)18-28-34-24-7-5-20(30(37)38)15-25(24)36(28)17-22-11-14-39-22;1-13-7-4(10)2(8)3(9)5(14-7)6(11)12/h2-8,15-16,19,22H,9-14,17-18H2,1H3,(H,37,38);2-5,7-10H,1H3,(H,11,12)/t22-,31-;2-,3-,4+,5-,7?/m00/s1. The van der Waals surface area contributed by atoms with Gasteiger partial charge in [0.05, 0.1) is 40.8 Å². The number of rotatable bonds is 9. The number of aliphatic hydroxyl groups excluding tert-OH is 3. The average molecular weight is 783 g/mol. The molecule has 0 radical (unpaired) electrons. The van der Waals surface area contributed by atoms with Crippen LogP contribution in [0.15, 0.2) is 54.7 Å². The summed E-state index contributed by atoms with van der Waals surface area (Å²) in [4.78, 5) is 33.9. The van der Waals surface area contributed by atoms with E-state index in [1.165, 1.54) is 7.11 Å². The Labute approximate surface area is 320 Å². The largest absolute Gasteiger partial charge is 0.479 e. The lowest BCUT2D eigenvalue weighted by Gasteiger charge is -2.37. The average Bonchev–Trinajstić information content (AvgIpc) is 3.69. The van der Waals surface area contributed by atoms with Crippen LogP contribution in [0.4, 0.5) is 0 Å². The van der Waals surface area contributed by atoms with Gasteiger partial charge in [-0.25, -0.2) is 14.6 Å². The first-order valence-electron chi connectivity index (χ1n) is 18.0. The molecule has 4 aromatic rings. The smallest absolute Gasteiger partial charge is 0.335 e. The fraction of sp³-hybridized carbons (Fsp3) is 0.474. The van der Waals surface area contributed by atoms with E-state index < -0.39 is 48.4 Å². The highest BCUT2D eigenvalue weighted by Gasteiger charge is 2.47. The fourth-order valence-electron chi connectivity index (χ4n) is 7.33. The highest BCUT2D eigenvalue weighted by molar-refractivity contribution is 6.30. The molecule has 3 fully saturated rings. The number of hydrogen-bond donors (Lipinski definition) is 5. The van der Waals surface area contributed by atoms with Crippen LogP contribution in [0.3, 0.4) is 0 Å². The van der Waals surface area contributed by atoms with E-state index in [4.69, 9.17) is 40.6 Å². The maximum absolute atomic E-state index is 11.6. The molecule has 5 N–H and O–H groups in total. The van der Waals surface area contributed by atoms with Crippen molar-refractivity contribution in [1.29, 1.82) is 0 Å². The Morgan fingerprint density at radius 2 is 1.76 bits per heavy atom. The van der Waals surface area contributed by atoms with E-state index in [-0.39, 0.29) is 11.7 Å². The molecule has 7 atom stereocenters. The highest BCUT2D eigenvalue weighted by Crippen LogP contribution is 2.49. The normalized spacial score (nSPS) is 28.0. The van der Waals surface area contributed by atoms with E-state index in [1.54, 1.807) is 30.5 Å². The summed E-state index contributed by atoms with van der Waals surface area (Å²) >= 11 is 6.04. The lowest BCUT2D eigenvalue weighted by Crippen LogP contribution is -2.60. The molecular weight excluding hydrogens is 740 g/mol. The van der Waals surface area contributed by atoms with Gasteiger partial charge in [-0.15, -0.1) is 0 Å². The summed E-state index contributed by atoms with van der Waals surface area (Å²) in [5.74, 6) is -0.558. The van der Waals surface area contributed by atoms with Gasteiger partial charge in [-0.05, 0) is 74.7 Å². The number of nitrogens with zero attached hydrogens (tertiary/aromatic N) is 4. The molecule has 294 valence electrons. The van der Waals surface area contributed by atoms with Crippen LogP contribution < -0.4 is 9.47 Å². The molecule has 2 aromatic heterocycles. The number of aliphatic hydroxyl groups is 3. The van der Waals surface area contributed by atoms with Gasteiger partial charge >= 0.3 is 11.9 Å². The first-order valence-corrected chi connectivity index (χ1v) is 18.4. The number of benzene rings is 2. The van der Waals surface area contributed by atoms with Crippen LogP contribution in [0.5, 0.6) is 11.5 Å². The number of aliphatic carboxylic acids is 1. The molecule has 0 amide bonds. The van der Waals surface area contributed by atoms with Crippen LogP contribution in [0.2, 0.25) is 5.02 Å². The number of halogens is 1. The van der Waals surface area contributed by atoms with Crippen molar-refractivity contribution in [3.63, 3.8) is 0 Å². The lowest BCUT2D eigenvalue weighted by atomic mass is 9.88. The molecular formula is C38H43ClN4O12. The van der Waals surface area contributed by atoms with Gasteiger partial charge in [0.25, 0.3) is 5.79 Å². The maximum atomic E-state index is 11.6. The summed E-state index contributed by atoms with van der Waals surface area (Å²) in [6, 6.07) is 14.9. The van der Waals surface area contributed by atoms with Gasteiger partial charge in [-0.1, -0.05) is 23.7 Å². The number of fused-ring (bicyclic) bond motifs is 2. The summed E-state index contributed by atoms with van der Waals surface area (Å²) in [7, 11) is 1.19. The number of hydrogen-bond acceptors (Lipinski definition) is 13. The Morgan fingerprint density at radius 1 is 1.00 bits per heavy atom. The van der Waals surface area contributed by atoms with Gasteiger partial charge in [0.15, 0.2) is 23.9 Å². The zero-order valence-corrected chi connectivity index (χ0v) is 30.9. The number of carboxylic acids is 2. The maximum Gasteiger partial charge on any atom is 0.335 e. The first-order chi connectivity index (χ1) is 26.3. The number of methoxy groups -OCH3 is 1. The minimum absolute atomic E-state index is 0.140. The molecule has 3 saturated heterocycles. The number of para-hydroxylation sites is 1. The molecule has 0 bridgehead atoms. The summed E-state index contributed by atoms with van der Waals surface area (Å²) in [6.07, 6.45) is -2.89. The number of ether oxygens (including phenoxy) is 5. The van der Waals surface area contributed by atoms with Crippen LogP contribution in [0.25, 0.3) is 11.0 Å². The number of likely N-dealkylation sites (tertiary alicyclic amines) is 1. The van der Waals surface area contributed by atoms with Crippen molar-refractivity contribution in [2.45, 2.75) is 87.8 Å². The number of pyridine rings is 1. The molecule has 2 aromatic carbocycles. The zero-order chi connectivity index (χ0) is 39.0. The molecule has 6 heterocycles. The number of aromatic nitrogens is 3. The van der Waals surface area contributed by atoms with Gasteiger partial charge < -0.3 is 53.8 Å². The Hall–Kier alpha value is -4.39. The predicted octanol–water partition coefficient (Wildman–Crippen LogP) is 3.12.